The number of halogens is 1. The molecule has 0 aromatic heterocycles. The molecular formula is C13H18ClNO4S. The molecule has 20 heavy (non-hydrogen) atoms. The Bertz CT molecular complexity index is 559. The summed E-state index contributed by atoms with van der Waals surface area (Å²) >= 11 is 5.87. The zero-order valence-corrected chi connectivity index (χ0v) is 13.0. The fraction of sp³-hybridized carbons (Fsp3) is 0.462. The van der Waals surface area contributed by atoms with E-state index in [4.69, 9.17) is 11.6 Å². The van der Waals surface area contributed by atoms with Crippen LogP contribution in [0.5, 0.6) is 0 Å². The monoisotopic (exact) mass is 319 g/mol. The molecule has 5 nitrogen and oxygen atoms in total. The summed E-state index contributed by atoms with van der Waals surface area (Å²) in [6.45, 7) is 1.74. The lowest BCUT2D eigenvalue weighted by molar-refractivity contribution is -0.140. The van der Waals surface area contributed by atoms with Gasteiger partial charge in [0.1, 0.15) is 0 Å². The molecule has 0 fully saturated rings. The largest absolute Gasteiger partial charge is 0.469 e. The molecule has 0 heterocycles. The van der Waals surface area contributed by atoms with Crippen LogP contribution in [-0.4, -0.2) is 27.2 Å². The quantitative estimate of drug-likeness (QED) is 0.783. The molecule has 0 saturated heterocycles. The van der Waals surface area contributed by atoms with Crippen molar-refractivity contribution in [2.24, 2.45) is 0 Å². The third-order valence-electron chi connectivity index (χ3n) is 2.73. The molecular weight excluding hydrogens is 302 g/mol. The van der Waals surface area contributed by atoms with Gasteiger partial charge in [0.15, 0.2) is 0 Å². The molecule has 112 valence electrons. The molecule has 0 radical (unpaired) electrons. The van der Waals surface area contributed by atoms with Crippen LogP contribution in [-0.2, 0) is 19.6 Å². The summed E-state index contributed by atoms with van der Waals surface area (Å²) in [5.74, 6) is -0.532. The molecule has 1 aromatic carbocycles. The maximum atomic E-state index is 11.9. The number of hydrogen-bond acceptors (Lipinski definition) is 4. The van der Waals surface area contributed by atoms with Crippen molar-refractivity contribution in [3.05, 3.63) is 34.9 Å². The van der Waals surface area contributed by atoms with Crippen LogP contribution in [0.15, 0.2) is 24.3 Å². The standard InChI is InChI=1S/C13H18ClNO4S/c1-10(11-5-3-6-12(14)9-11)15-20(17,18)8-4-7-13(16)19-2/h3,5-6,9-10,15H,4,7-8H2,1-2H3. The number of rotatable bonds is 7. The number of carbonyl (C=O) groups excluding carboxylic acids is 1. The van der Waals surface area contributed by atoms with Crippen molar-refractivity contribution >= 4 is 27.6 Å². The fourth-order valence-electron chi connectivity index (χ4n) is 1.68. The Morgan fingerprint density at radius 3 is 2.75 bits per heavy atom. The molecule has 1 unspecified atom stereocenters. The molecule has 1 rings (SSSR count). The number of methoxy groups -OCH3 is 1. The van der Waals surface area contributed by atoms with Gasteiger partial charge in [-0.15, -0.1) is 0 Å². The Morgan fingerprint density at radius 1 is 1.45 bits per heavy atom. The first-order valence-electron chi connectivity index (χ1n) is 6.16. The van der Waals surface area contributed by atoms with E-state index in [0.29, 0.717) is 5.02 Å². The van der Waals surface area contributed by atoms with Gasteiger partial charge in [0.25, 0.3) is 0 Å². The molecule has 1 atom stereocenters. The highest BCUT2D eigenvalue weighted by molar-refractivity contribution is 7.89. The van der Waals surface area contributed by atoms with Gasteiger partial charge in [0.05, 0.1) is 12.9 Å². The van der Waals surface area contributed by atoms with Gasteiger partial charge in [-0.2, -0.15) is 0 Å². The summed E-state index contributed by atoms with van der Waals surface area (Å²) in [5.41, 5.74) is 0.786. The lowest BCUT2D eigenvalue weighted by Crippen LogP contribution is -2.29. The van der Waals surface area contributed by atoms with E-state index in [1.165, 1.54) is 7.11 Å². The second kappa shape index (κ2) is 7.61. The smallest absolute Gasteiger partial charge is 0.305 e. The fourth-order valence-corrected chi connectivity index (χ4v) is 3.20. The predicted molar refractivity (Wildman–Crippen MR) is 78.0 cm³/mol. The minimum Gasteiger partial charge on any atom is -0.469 e. The maximum Gasteiger partial charge on any atom is 0.305 e. The summed E-state index contributed by atoms with van der Waals surface area (Å²) in [4.78, 5) is 10.9. The van der Waals surface area contributed by atoms with Crippen LogP contribution in [0, 0.1) is 0 Å². The summed E-state index contributed by atoms with van der Waals surface area (Å²) in [6.07, 6.45) is 0.313. The summed E-state index contributed by atoms with van der Waals surface area (Å²) in [6, 6.07) is 6.62. The summed E-state index contributed by atoms with van der Waals surface area (Å²) < 4.78 is 30.8. The first-order valence-corrected chi connectivity index (χ1v) is 8.19. The first-order chi connectivity index (χ1) is 9.34. The number of ether oxygens (including phenoxy) is 1. The van der Waals surface area contributed by atoms with Crippen molar-refractivity contribution in [3.8, 4) is 0 Å². The van der Waals surface area contributed by atoms with E-state index in [9.17, 15) is 13.2 Å². The molecule has 0 spiro atoms. The van der Waals surface area contributed by atoms with Crippen molar-refractivity contribution in [2.45, 2.75) is 25.8 Å². The number of nitrogens with one attached hydrogen (secondary N) is 1. The number of esters is 1. The highest BCUT2D eigenvalue weighted by Crippen LogP contribution is 2.18. The van der Waals surface area contributed by atoms with Gasteiger partial charge in [-0.25, -0.2) is 13.1 Å². The van der Waals surface area contributed by atoms with Crippen LogP contribution in [0.4, 0.5) is 0 Å². The van der Waals surface area contributed by atoms with Gasteiger partial charge in [0, 0.05) is 17.5 Å². The molecule has 0 saturated carbocycles. The van der Waals surface area contributed by atoms with Crippen molar-refractivity contribution in [2.75, 3.05) is 12.9 Å². The van der Waals surface area contributed by atoms with Crippen LogP contribution in [0.3, 0.4) is 0 Å². The van der Waals surface area contributed by atoms with Gasteiger partial charge in [-0.05, 0) is 31.0 Å². The second-order valence-corrected chi connectivity index (χ2v) is 6.70. The Morgan fingerprint density at radius 2 is 2.15 bits per heavy atom. The van der Waals surface area contributed by atoms with Crippen molar-refractivity contribution < 1.29 is 17.9 Å². The molecule has 1 aromatic rings. The number of benzene rings is 1. The molecule has 0 aliphatic carbocycles. The predicted octanol–water partition coefficient (Wildman–Crippen LogP) is 2.27. The SMILES string of the molecule is COC(=O)CCCS(=O)(=O)NC(C)c1cccc(Cl)c1. The van der Waals surface area contributed by atoms with Crippen LogP contribution in [0.1, 0.15) is 31.4 Å². The lowest BCUT2D eigenvalue weighted by Gasteiger charge is -2.14. The van der Waals surface area contributed by atoms with E-state index in [2.05, 4.69) is 9.46 Å². The Balaban J connectivity index is 2.55. The van der Waals surface area contributed by atoms with E-state index in [1.807, 2.05) is 0 Å². The van der Waals surface area contributed by atoms with E-state index >= 15 is 0 Å². The van der Waals surface area contributed by atoms with E-state index in [1.54, 1.807) is 31.2 Å². The average molecular weight is 320 g/mol. The minimum absolute atomic E-state index is 0.0863. The van der Waals surface area contributed by atoms with Crippen LogP contribution in [0.2, 0.25) is 5.02 Å². The van der Waals surface area contributed by atoms with E-state index in [-0.39, 0.29) is 24.6 Å². The van der Waals surface area contributed by atoms with Crippen molar-refractivity contribution in [3.63, 3.8) is 0 Å². The number of carbonyl (C=O) groups is 1. The third kappa shape index (κ3) is 5.90. The van der Waals surface area contributed by atoms with Gasteiger partial charge in [-0.1, -0.05) is 23.7 Å². The van der Waals surface area contributed by atoms with Crippen LogP contribution < -0.4 is 4.72 Å². The van der Waals surface area contributed by atoms with Crippen LogP contribution in [0.25, 0.3) is 0 Å². The van der Waals surface area contributed by atoms with E-state index < -0.39 is 16.0 Å². The topological polar surface area (TPSA) is 72.5 Å². The average Bonchev–Trinajstić information content (AvgIpc) is 2.37. The van der Waals surface area contributed by atoms with Crippen molar-refractivity contribution in [1.82, 2.24) is 4.72 Å². The summed E-state index contributed by atoms with van der Waals surface area (Å²) in [7, 11) is -2.17. The zero-order valence-electron chi connectivity index (χ0n) is 11.4. The minimum atomic E-state index is -3.45. The number of sulfonamides is 1. The van der Waals surface area contributed by atoms with Crippen LogP contribution >= 0.6 is 11.6 Å². The highest BCUT2D eigenvalue weighted by atomic mass is 35.5. The summed E-state index contributed by atoms with van der Waals surface area (Å²) in [5, 5.41) is 0.555. The Kier molecular flexibility index (Phi) is 6.45. The lowest BCUT2D eigenvalue weighted by atomic mass is 10.1. The Hall–Kier alpha value is -1.11. The Labute approximate surface area is 124 Å². The van der Waals surface area contributed by atoms with Crippen molar-refractivity contribution in [1.29, 1.82) is 0 Å². The molecule has 7 heteroatoms. The normalized spacial score (nSPS) is 12.9. The van der Waals surface area contributed by atoms with Gasteiger partial charge >= 0.3 is 5.97 Å². The molecule has 0 aliphatic rings. The second-order valence-electron chi connectivity index (χ2n) is 4.39. The first kappa shape index (κ1) is 16.9. The highest BCUT2D eigenvalue weighted by Gasteiger charge is 2.16. The van der Waals surface area contributed by atoms with Gasteiger partial charge < -0.3 is 4.74 Å². The maximum absolute atomic E-state index is 11.9. The van der Waals surface area contributed by atoms with Gasteiger partial charge in [-0.3, -0.25) is 4.79 Å². The molecule has 0 amide bonds. The number of hydrogen-bond donors (Lipinski definition) is 1. The zero-order chi connectivity index (χ0) is 15.2. The third-order valence-corrected chi connectivity index (χ3v) is 4.50. The molecule has 0 aliphatic heterocycles. The molecule has 1 N–H and O–H groups in total. The molecule has 0 bridgehead atoms. The van der Waals surface area contributed by atoms with E-state index in [0.717, 1.165) is 5.56 Å². The van der Waals surface area contributed by atoms with Gasteiger partial charge in [0.2, 0.25) is 10.0 Å².